The van der Waals surface area contributed by atoms with Gasteiger partial charge in [0.15, 0.2) is 5.65 Å². The predicted octanol–water partition coefficient (Wildman–Crippen LogP) is 2.62. The standard InChI is InChI=1S/C22H25N7O2/c1-12(2)28-11-15(13-5-4-8-24-20(13)28)17-9-19(23-3)29-21(26-17)14(10-25-29)22(31)27-16-6-7-18(16)30/h4-5,8-12,16,18,23,30H,6-7H2,1-3H3,(H,27,31)/t16-,18+/m0/s1. The van der Waals surface area contributed by atoms with E-state index in [1.807, 2.05) is 25.2 Å². The third kappa shape index (κ3) is 3.12. The largest absolute Gasteiger partial charge is 0.391 e. The van der Waals surface area contributed by atoms with E-state index in [2.05, 4.69) is 45.3 Å². The van der Waals surface area contributed by atoms with Gasteiger partial charge in [-0.2, -0.15) is 9.61 Å². The number of rotatable bonds is 5. The molecule has 0 aromatic carbocycles. The molecule has 1 fully saturated rings. The molecule has 5 rings (SSSR count). The minimum atomic E-state index is -0.489. The lowest BCUT2D eigenvalue weighted by molar-refractivity contribution is 0.0448. The second-order valence-corrected chi connectivity index (χ2v) is 8.21. The third-order valence-corrected chi connectivity index (χ3v) is 5.95. The number of amides is 1. The van der Waals surface area contributed by atoms with Crippen molar-refractivity contribution in [2.75, 3.05) is 12.4 Å². The molecule has 1 saturated carbocycles. The van der Waals surface area contributed by atoms with Crippen LogP contribution in [-0.2, 0) is 0 Å². The van der Waals surface area contributed by atoms with Crippen LogP contribution in [0, 0.1) is 0 Å². The highest BCUT2D eigenvalue weighted by Gasteiger charge is 2.31. The molecule has 0 spiro atoms. The van der Waals surface area contributed by atoms with E-state index in [4.69, 9.17) is 4.98 Å². The Kier molecular flexibility index (Phi) is 4.62. The summed E-state index contributed by atoms with van der Waals surface area (Å²) < 4.78 is 3.74. The number of hydrogen-bond acceptors (Lipinski definition) is 6. The van der Waals surface area contributed by atoms with E-state index in [1.54, 1.807) is 10.7 Å². The van der Waals surface area contributed by atoms with E-state index >= 15 is 0 Å². The van der Waals surface area contributed by atoms with Gasteiger partial charge in [-0.3, -0.25) is 4.79 Å². The van der Waals surface area contributed by atoms with Gasteiger partial charge in [-0.1, -0.05) is 0 Å². The van der Waals surface area contributed by atoms with E-state index in [9.17, 15) is 9.90 Å². The van der Waals surface area contributed by atoms with Gasteiger partial charge in [0.2, 0.25) is 0 Å². The fourth-order valence-corrected chi connectivity index (χ4v) is 4.02. The summed E-state index contributed by atoms with van der Waals surface area (Å²) in [6.07, 6.45) is 6.36. The second kappa shape index (κ2) is 7.35. The van der Waals surface area contributed by atoms with Crippen molar-refractivity contribution in [3.8, 4) is 11.3 Å². The molecule has 31 heavy (non-hydrogen) atoms. The molecule has 0 bridgehead atoms. The molecule has 3 N–H and O–H groups in total. The van der Waals surface area contributed by atoms with Crippen LogP contribution in [0.2, 0.25) is 0 Å². The van der Waals surface area contributed by atoms with Crippen LogP contribution in [0.4, 0.5) is 5.82 Å². The summed E-state index contributed by atoms with van der Waals surface area (Å²) in [4.78, 5) is 22.3. The van der Waals surface area contributed by atoms with E-state index in [-0.39, 0.29) is 18.0 Å². The fourth-order valence-electron chi connectivity index (χ4n) is 4.02. The molecule has 4 heterocycles. The molecule has 0 unspecified atom stereocenters. The van der Waals surface area contributed by atoms with Gasteiger partial charge >= 0.3 is 0 Å². The summed E-state index contributed by atoms with van der Waals surface area (Å²) in [5.41, 5.74) is 3.40. The van der Waals surface area contributed by atoms with Gasteiger partial charge in [0.25, 0.3) is 5.91 Å². The van der Waals surface area contributed by atoms with Crippen molar-refractivity contribution in [2.24, 2.45) is 0 Å². The van der Waals surface area contributed by atoms with Gasteiger partial charge < -0.3 is 20.3 Å². The van der Waals surface area contributed by atoms with Gasteiger partial charge in [0, 0.05) is 42.5 Å². The van der Waals surface area contributed by atoms with Gasteiger partial charge in [-0.15, -0.1) is 0 Å². The summed E-state index contributed by atoms with van der Waals surface area (Å²) in [7, 11) is 1.81. The number of fused-ring (bicyclic) bond motifs is 2. The van der Waals surface area contributed by atoms with Crippen LogP contribution in [-0.4, -0.2) is 54.4 Å². The zero-order chi connectivity index (χ0) is 21.7. The molecule has 0 aliphatic heterocycles. The molecule has 9 nitrogen and oxygen atoms in total. The lowest BCUT2D eigenvalue weighted by Gasteiger charge is -2.32. The number of aliphatic hydroxyl groups excluding tert-OH is 1. The second-order valence-electron chi connectivity index (χ2n) is 8.21. The number of carbonyl (C=O) groups is 1. The summed E-state index contributed by atoms with van der Waals surface area (Å²) in [6, 6.07) is 5.89. The molecule has 0 saturated heterocycles. The van der Waals surface area contributed by atoms with Crippen molar-refractivity contribution >= 4 is 28.4 Å². The first-order chi connectivity index (χ1) is 15.0. The number of carbonyl (C=O) groups excluding carboxylic acids is 1. The Balaban J connectivity index is 1.65. The smallest absolute Gasteiger partial charge is 0.257 e. The molecule has 0 radical (unpaired) electrons. The normalized spacial score (nSPS) is 18.5. The van der Waals surface area contributed by atoms with Crippen molar-refractivity contribution in [3.05, 3.63) is 42.4 Å². The summed E-state index contributed by atoms with van der Waals surface area (Å²) in [6.45, 7) is 4.23. The molecule has 2 atom stereocenters. The maximum atomic E-state index is 12.9. The lowest BCUT2D eigenvalue weighted by atomic mass is 9.89. The number of aliphatic hydroxyl groups is 1. The molecule has 1 aliphatic rings. The minimum Gasteiger partial charge on any atom is -0.391 e. The Morgan fingerprint density at radius 3 is 2.81 bits per heavy atom. The van der Waals surface area contributed by atoms with Crippen molar-refractivity contribution in [1.82, 2.24) is 29.5 Å². The Hall–Kier alpha value is -3.46. The number of hydrogen-bond donors (Lipinski definition) is 3. The summed E-state index contributed by atoms with van der Waals surface area (Å²) >= 11 is 0. The first kappa shape index (κ1) is 19.5. The van der Waals surface area contributed by atoms with Crippen LogP contribution >= 0.6 is 0 Å². The van der Waals surface area contributed by atoms with E-state index in [0.29, 0.717) is 17.6 Å². The van der Waals surface area contributed by atoms with E-state index in [1.165, 1.54) is 6.20 Å². The fraction of sp³-hybridized carbons (Fsp3) is 0.364. The van der Waals surface area contributed by atoms with Crippen LogP contribution in [0.5, 0.6) is 0 Å². The number of nitrogens with zero attached hydrogens (tertiary/aromatic N) is 5. The summed E-state index contributed by atoms with van der Waals surface area (Å²) in [5.74, 6) is 0.439. The van der Waals surface area contributed by atoms with Crippen molar-refractivity contribution < 1.29 is 9.90 Å². The molecule has 4 aromatic rings. The van der Waals surface area contributed by atoms with Gasteiger partial charge in [-0.25, -0.2) is 9.97 Å². The molecule has 9 heteroatoms. The highest BCUT2D eigenvalue weighted by atomic mass is 16.3. The highest BCUT2D eigenvalue weighted by Crippen LogP contribution is 2.32. The Morgan fingerprint density at radius 2 is 2.13 bits per heavy atom. The SMILES string of the molecule is CNc1cc(-c2cn(C(C)C)c3ncccc23)nc2c(C(=O)N[C@H]3CC[C@H]3O)cnn12. The van der Waals surface area contributed by atoms with Crippen molar-refractivity contribution in [3.63, 3.8) is 0 Å². The molecule has 1 aliphatic carbocycles. The Bertz CT molecular complexity index is 1290. The zero-order valence-corrected chi connectivity index (χ0v) is 17.7. The quantitative estimate of drug-likeness (QED) is 0.459. The number of pyridine rings is 1. The van der Waals surface area contributed by atoms with E-state index < -0.39 is 6.10 Å². The molecule has 160 valence electrons. The van der Waals surface area contributed by atoms with Crippen molar-refractivity contribution in [1.29, 1.82) is 0 Å². The van der Waals surface area contributed by atoms with Crippen LogP contribution < -0.4 is 10.6 Å². The number of aromatic nitrogens is 5. The maximum absolute atomic E-state index is 12.9. The monoisotopic (exact) mass is 419 g/mol. The van der Waals surface area contributed by atoms with E-state index in [0.717, 1.165) is 34.5 Å². The predicted molar refractivity (Wildman–Crippen MR) is 118 cm³/mol. The highest BCUT2D eigenvalue weighted by molar-refractivity contribution is 6.01. The maximum Gasteiger partial charge on any atom is 0.257 e. The van der Waals surface area contributed by atoms with Crippen LogP contribution in [0.25, 0.3) is 27.9 Å². The average molecular weight is 419 g/mol. The van der Waals surface area contributed by atoms with Gasteiger partial charge in [-0.05, 0) is 38.8 Å². The van der Waals surface area contributed by atoms with Crippen molar-refractivity contribution in [2.45, 2.75) is 44.9 Å². The molecular weight excluding hydrogens is 394 g/mol. The zero-order valence-electron chi connectivity index (χ0n) is 17.7. The lowest BCUT2D eigenvalue weighted by Crippen LogP contribution is -2.50. The molecule has 4 aromatic heterocycles. The molecule has 1 amide bonds. The first-order valence-corrected chi connectivity index (χ1v) is 10.5. The van der Waals surface area contributed by atoms with Crippen LogP contribution in [0.1, 0.15) is 43.1 Å². The molecular formula is C22H25N7O2. The Labute approximate surface area is 179 Å². The summed E-state index contributed by atoms with van der Waals surface area (Å²) in [5, 5.41) is 21.2. The van der Waals surface area contributed by atoms with Gasteiger partial charge in [0.1, 0.15) is 17.0 Å². The average Bonchev–Trinajstić information content (AvgIpc) is 3.37. The Morgan fingerprint density at radius 1 is 1.29 bits per heavy atom. The number of anilines is 1. The minimum absolute atomic E-state index is 0.218. The topological polar surface area (TPSA) is 109 Å². The number of nitrogens with one attached hydrogen (secondary N) is 2. The van der Waals surface area contributed by atoms with Gasteiger partial charge in [0.05, 0.1) is 24.0 Å². The van der Waals surface area contributed by atoms with Crippen LogP contribution in [0.15, 0.2) is 36.8 Å². The third-order valence-electron chi connectivity index (χ3n) is 5.95. The first-order valence-electron chi connectivity index (χ1n) is 10.5. The van der Waals surface area contributed by atoms with Crippen LogP contribution in [0.3, 0.4) is 0 Å².